The van der Waals surface area contributed by atoms with E-state index < -0.39 is 0 Å². The zero-order valence-electron chi connectivity index (χ0n) is 3.88. The van der Waals surface area contributed by atoms with Gasteiger partial charge in [-0.05, 0) is 10.3 Å². The Bertz CT molecular complexity index is 82.2. The Kier molecular flexibility index (Phi) is 18.0. The Morgan fingerprint density at radius 2 is 2.00 bits per heavy atom. The van der Waals surface area contributed by atoms with Crippen molar-refractivity contribution in [3.05, 3.63) is 0 Å². The van der Waals surface area contributed by atoms with E-state index in [1.165, 1.54) is 10.8 Å². The number of rotatable bonds is 2. The average molecular weight is 346 g/mol. The summed E-state index contributed by atoms with van der Waals surface area (Å²) in [4.78, 5) is 0. The van der Waals surface area contributed by atoms with Crippen LogP contribution in [-0.2, 0) is 0 Å². The van der Waals surface area contributed by atoms with E-state index in [2.05, 4.69) is 55.0 Å². The first-order valence-corrected chi connectivity index (χ1v) is 4.66. The topological polar surface area (TPSA) is 0 Å². The second-order valence-electron chi connectivity index (χ2n) is 1.06. The molecule has 0 atom stereocenters. The van der Waals surface area contributed by atoms with Crippen LogP contribution in [0.2, 0.25) is 0 Å². The molecular weight excluding hydrogens is 338 g/mol. The van der Waals surface area contributed by atoms with Crippen molar-refractivity contribution in [3.63, 3.8) is 0 Å². The largest absolute Gasteiger partial charge is 0.316 e. The highest BCUT2D eigenvalue weighted by molar-refractivity contribution is 14.1. The van der Waals surface area contributed by atoms with E-state index in [0.717, 1.165) is 6.42 Å². The van der Waals surface area contributed by atoms with Gasteiger partial charge < -0.3 is 0 Å². The number of hydrogen-bond acceptors (Lipinski definition) is 0. The maximum Gasteiger partial charge on any atom is 0.316 e. The van der Waals surface area contributed by atoms with E-state index in [4.69, 9.17) is 0 Å². The molecule has 0 heterocycles. The second-order valence-corrected chi connectivity index (χ2v) is 2.68. The highest BCUT2D eigenvalue weighted by Gasteiger charge is 1.74. The molecule has 0 amide bonds. The molecule has 3 heteroatoms. The zero-order chi connectivity index (χ0) is 5.54. The highest BCUT2D eigenvalue weighted by Crippen LogP contribution is 1.91. The Labute approximate surface area is 94.0 Å². The molecule has 0 rings (SSSR count). The molecule has 0 bridgehead atoms. The first kappa shape index (κ1) is 12.5. The maximum atomic E-state index is 2.98. The van der Waals surface area contributed by atoms with Crippen molar-refractivity contribution >= 4 is 68.2 Å². The Balaban J connectivity index is 0. The van der Waals surface area contributed by atoms with Crippen molar-refractivity contribution in [1.29, 1.82) is 0 Å². The molecule has 0 aliphatic heterocycles. The molecule has 0 radical (unpaired) electrons. The van der Waals surface area contributed by atoms with Crippen LogP contribution in [-0.4, -0.2) is 27.5 Å². The summed E-state index contributed by atoms with van der Waals surface area (Å²) in [6.45, 7) is 0. The van der Waals surface area contributed by atoms with Gasteiger partial charge >= 0.3 is 23.1 Å². The van der Waals surface area contributed by atoms with Crippen LogP contribution in [0.25, 0.3) is 0 Å². The minimum atomic E-state index is 0. The van der Waals surface area contributed by atoms with Gasteiger partial charge in [0.25, 0.3) is 0 Å². The molecule has 0 spiro atoms. The van der Waals surface area contributed by atoms with Gasteiger partial charge in [-0.2, -0.15) is 0 Å². The van der Waals surface area contributed by atoms with Crippen LogP contribution in [0.5, 0.6) is 0 Å². The molecule has 0 N–H and O–H groups in total. The van der Waals surface area contributed by atoms with Crippen molar-refractivity contribution < 1.29 is 0 Å². The molecule has 0 aromatic carbocycles. The summed E-state index contributed by atoms with van der Waals surface area (Å²) in [5.74, 6) is 2.98. The second kappa shape index (κ2) is 11.6. The van der Waals surface area contributed by atoms with Crippen molar-refractivity contribution in [3.8, 4) is 9.85 Å². The van der Waals surface area contributed by atoms with Gasteiger partial charge in [-0.25, -0.2) is 0 Å². The van der Waals surface area contributed by atoms with Gasteiger partial charge in [-0.1, -0.05) is 28.5 Å². The van der Waals surface area contributed by atoms with Gasteiger partial charge in [0.1, 0.15) is 0 Å². The minimum absolute atomic E-state index is 0. The third kappa shape index (κ3) is 10.7. The summed E-state index contributed by atoms with van der Waals surface area (Å²) in [5.41, 5.74) is 0. The fourth-order valence-corrected chi connectivity index (χ4v) is 0.854. The third-order valence-corrected chi connectivity index (χ3v) is 1.65. The minimum Gasteiger partial charge on any atom is -0.0918 e. The summed E-state index contributed by atoms with van der Waals surface area (Å²) in [7, 11) is 0. The Morgan fingerprint density at radius 1 is 1.38 bits per heavy atom. The van der Waals surface area contributed by atoms with Crippen LogP contribution >= 0.6 is 45.2 Å². The number of hydrogen-bond donors (Lipinski definition) is 0. The molecule has 8 heavy (non-hydrogen) atoms. The molecule has 0 unspecified atom stereocenters. The first-order chi connectivity index (χ1) is 3.41. The summed E-state index contributed by atoms with van der Waals surface area (Å²) >= 11 is 4.42. The summed E-state index contributed by atoms with van der Waals surface area (Å²) < 4.78 is 4.04. The van der Waals surface area contributed by atoms with Crippen molar-refractivity contribution in [1.82, 2.24) is 0 Å². The molecule has 0 aliphatic carbocycles. The van der Waals surface area contributed by atoms with Crippen LogP contribution < -0.4 is 0 Å². The third-order valence-electron chi connectivity index (χ3n) is 0.502. The van der Waals surface area contributed by atoms with Gasteiger partial charge in [-0.3, -0.25) is 0 Å². The smallest absolute Gasteiger partial charge is 0.0918 e. The normalized spacial score (nSPS) is 6.25. The van der Waals surface area contributed by atoms with E-state index in [1.54, 1.807) is 0 Å². The van der Waals surface area contributed by atoms with Crippen LogP contribution in [0.3, 0.4) is 0 Å². The van der Waals surface area contributed by atoms with E-state index >= 15 is 0 Å². The van der Waals surface area contributed by atoms with Gasteiger partial charge in [0, 0.05) is 33.4 Å². The average Bonchev–Trinajstić information content (AvgIpc) is 1.69. The predicted molar refractivity (Wildman–Crippen MR) is 58.5 cm³/mol. The molecule has 0 saturated heterocycles. The molecule has 0 aliphatic rings. The Hall–Kier alpha value is 1.79. The standard InChI is InChI=1S/C5H6I2.Mg.2H/c6-4-2-1-3-5-7;;;/h1-2,4H2;;;. The first-order valence-electron chi connectivity index (χ1n) is 2.06. The SMILES string of the molecule is IC#CCCCI.[MgH2]. The summed E-state index contributed by atoms with van der Waals surface area (Å²) in [6, 6.07) is 0. The lowest BCUT2D eigenvalue weighted by Crippen LogP contribution is -1.68. The number of halogens is 2. The quantitative estimate of drug-likeness (QED) is 0.235. The zero-order valence-corrected chi connectivity index (χ0v) is 8.19. The predicted octanol–water partition coefficient (Wildman–Crippen LogP) is 1.68. The van der Waals surface area contributed by atoms with E-state index in [0.29, 0.717) is 0 Å². The van der Waals surface area contributed by atoms with Crippen LogP contribution in [0, 0.1) is 9.85 Å². The van der Waals surface area contributed by atoms with Crippen molar-refractivity contribution in [2.75, 3.05) is 4.43 Å². The Morgan fingerprint density at radius 3 is 2.38 bits per heavy atom. The fourth-order valence-electron chi connectivity index (χ4n) is 0.202. The summed E-state index contributed by atoms with van der Waals surface area (Å²) in [5, 5.41) is 0. The van der Waals surface area contributed by atoms with Gasteiger partial charge in [0.05, 0.1) is 0 Å². The lowest BCUT2D eigenvalue weighted by molar-refractivity contribution is 1.01. The molecule has 44 valence electrons. The van der Waals surface area contributed by atoms with E-state index in [9.17, 15) is 0 Å². The molecule has 0 aromatic rings. The maximum absolute atomic E-state index is 2.98. The van der Waals surface area contributed by atoms with Crippen molar-refractivity contribution in [2.45, 2.75) is 12.8 Å². The number of alkyl halides is 1. The molecule has 0 nitrogen and oxygen atoms in total. The van der Waals surface area contributed by atoms with Crippen molar-refractivity contribution in [2.24, 2.45) is 0 Å². The molecular formula is C5H8I2Mg. The van der Waals surface area contributed by atoms with Crippen LogP contribution in [0.4, 0.5) is 0 Å². The lowest BCUT2D eigenvalue weighted by Gasteiger charge is -1.78. The molecule has 0 saturated carbocycles. The van der Waals surface area contributed by atoms with Gasteiger partial charge in [0.2, 0.25) is 0 Å². The highest BCUT2D eigenvalue weighted by atomic mass is 127. The number of unbranched alkanes of at least 4 members (excludes halogenated alkanes) is 1. The van der Waals surface area contributed by atoms with Gasteiger partial charge in [-0.15, -0.1) is 0 Å². The fraction of sp³-hybridized carbons (Fsp3) is 0.600. The lowest BCUT2D eigenvalue weighted by atomic mass is 10.4. The monoisotopic (exact) mass is 346 g/mol. The molecule has 0 fully saturated rings. The van der Waals surface area contributed by atoms with E-state index in [-0.39, 0.29) is 23.1 Å². The van der Waals surface area contributed by atoms with Crippen LogP contribution in [0.15, 0.2) is 0 Å². The van der Waals surface area contributed by atoms with Crippen LogP contribution in [0.1, 0.15) is 12.8 Å². The van der Waals surface area contributed by atoms with Gasteiger partial charge in [0.15, 0.2) is 0 Å². The summed E-state index contributed by atoms with van der Waals surface area (Å²) in [6.07, 6.45) is 2.29. The molecule has 0 aromatic heterocycles. The van der Waals surface area contributed by atoms with E-state index in [1.807, 2.05) is 0 Å².